The Morgan fingerprint density at radius 2 is 1.43 bits per heavy atom. The fraction of sp³-hybridized carbons (Fsp3) is 0.333. The van der Waals surface area contributed by atoms with Gasteiger partial charge in [-0.1, -0.05) is 75.4 Å². The minimum Gasteiger partial charge on any atom is -0.492 e. The number of ether oxygens (including phenoxy) is 2. The fourth-order valence-corrected chi connectivity index (χ4v) is 3.85. The summed E-state index contributed by atoms with van der Waals surface area (Å²) in [5, 5.41) is 13.4. The van der Waals surface area contributed by atoms with E-state index in [0.29, 0.717) is 18.2 Å². The van der Waals surface area contributed by atoms with Crippen molar-refractivity contribution < 1.29 is 14.6 Å². The second kappa shape index (κ2) is 12.8. The molecule has 0 fully saturated rings. The van der Waals surface area contributed by atoms with Gasteiger partial charge in [-0.3, -0.25) is 0 Å². The predicted molar refractivity (Wildman–Crippen MR) is 146 cm³/mol. The van der Waals surface area contributed by atoms with Gasteiger partial charge in [-0.15, -0.1) is 11.6 Å². The molecule has 35 heavy (non-hydrogen) atoms. The molecule has 3 aromatic rings. The molecule has 0 aliphatic carbocycles. The van der Waals surface area contributed by atoms with Crippen molar-refractivity contribution in [1.82, 2.24) is 5.32 Å². The average molecular weight is 494 g/mol. The molecule has 3 rings (SSSR count). The highest BCUT2D eigenvalue weighted by molar-refractivity contribution is 6.18. The van der Waals surface area contributed by atoms with Crippen LogP contribution in [0.2, 0.25) is 0 Å². The van der Waals surface area contributed by atoms with Crippen molar-refractivity contribution in [3.05, 3.63) is 95.6 Å². The molecule has 0 spiro atoms. The summed E-state index contributed by atoms with van der Waals surface area (Å²) in [6, 6.07) is 26.4. The Morgan fingerprint density at radius 1 is 0.857 bits per heavy atom. The van der Waals surface area contributed by atoms with E-state index in [1.165, 1.54) is 5.57 Å². The molecule has 4 nitrogen and oxygen atoms in total. The molecular weight excluding hydrogens is 458 g/mol. The third-order valence-corrected chi connectivity index (χ3v) is 5.85. The summed E-state index contributed by atoms with van der Waals surface area (Å²) >= 11 is 6.28. The standard InChI is InChI=1S/C30H36ClNO3/c1-30(2,3)29(33)35-26-16-12-24(13-17-26)28(27(18-19-31)22-8-6-5-7-9-22)23-10-14-25(15-11-23)34-21-20-32-4/h5-17,29,32-33H,18-21H2,1-4H3/b28-27+. The monoisotopic (exact) mass is 493 g/mol. The third-order valence-electron chi connectivity index (χ3n) is 5.66. The van der Waals surface area contributed by atoms with Crippen LogP contribution in [0.4, 0.5) is 0 Å². The molecule has 0 amide bonds. The maximum absolute atomic E-state index is 10.3. The zero-order valence-corrected chi connectivity index (χ0v) is 21.8. The van der Waals surface area contributed by atoms with Crippen molar-refractivity contribution in [1.29, 1.82) is 0 Å². The number of hydrogen-bond acceptors (Lipinski definition) is 4. The first kappa shape index (κ1) is 26.8. The molecule has 0 bridgehead atoms. The summed E-state index contributed by atoms with van der Waals surface area (Å²) in [6.45, 7) is 7.23. The van der Waals surface area contributed by atoms with Crippen LogP contribution in [0, 0.1) is 5.41 Å². The van der Waals surface area contributed by atoms with Crippen molar-refractivity contribution in [2.24, 2.45) is 5.41 Å². The Kier molecular flexibility index (Phi) is 9.79. The van der Waals surface area contributed by atoms with Crippen LogP contribution in [0.15, 0.2) is 78.9 Å². The number of nitrogens with one attached hydrogen (secondary N) is 1. The molecule has 1 atom stereocenters. The number of allylic oxidation sites excluding steroid dienone is 1. The van der Waals surface area contributed by atoms with Gasteiger partial charge in [0.1, 0.15) is 18.1 Å². The Hall–Kier alpha value is -2.79. The summed E-state index contributed by atoms with van der Waals surface area (Å²) in [5.41, 5.74) is 5.19. The summed E-state index contributed by atoms with van der Waals surface area (Å²) in [6.07, 6.45) is -0.169. The van der Waals surface area contributed by atoms with Gasteiger partial charge in [0.25, 0.3) is 0 Å². The molecule has 0 aliphatic rings. The van der Waals surface area contributed by atoms with Gasteiger partial charge in [0.2, 0.25) is 6.29 Å². The van der Waals surface area contributed by atoms with Crippen LogP contribution in [0.5, 0.6) is 11.5 Å². The molecular formula is C30H36ClNO3. The fourth-order valence-electron chi connectivity index (χ4n) is 3.66. The second-order valence-electron chi connectivity index (χ2n) is 9.50. The molecule has 0 radical (unpaired) electrons. The van der Waals surface area contributed by atoms with Crippen LogP contribution in [0.1, 0.15) is 43.9 Å². The van der Waals surface area contributed by atoms with Gasteiger partial charge in [0.05, 0.1) is 0 Å². The summed E-state index contributed by atoms with van der Waals surface area (Å²) < 4.78 is 11.6. The van der Waals surface area contributed by atoms with E-state index in [2.05, 4.69) is 29.6 Å². The molecule has 0 heterocycles. The average Bonchev–Trinajstić information content (AvgIpc) is 2.85. The highest BCUT2D eigenvalue weighted by atomic mass is 35.5. The van der Waals surface area contributed by atoms with Gasteiger partial charge >= 0.3 is 0 Å². The van der Waals surface area contributed by atoms with Gasteiger partial charge in [-0.25, -0.2) is 0 Å². The number of alkyl halides is 1. The number of hydrogen-bond donors (Lipinski definition) is 2. The highest BCUT2D eigenvalue weighted by Crippen LogP contribution is 2.36. The molecule has 0 saturated heterocycles. The predicted octanol–water partition coefficient (Wildman–Crippen LogP) is 6.62. The Balaban J connectivity index is 2.03. The molecule has 5 heteroatoms. The highest BCUT2D eigenvalue weighted by Gasteiger charge is 2.24. The molecule has 0 saturated carbocycles. The largest absolute Gasteiger partial charge is 0.492 e. The summed E-state index contributed by atoms with van der Waals surface area (Å²) in [5.74, 6) is 1.97. The van der Waals surface area contributed by atoms with Crippen molar-refractivity contribution in [2.75, 3.05) is 26.1 Å². The quantitative estimate of drug-likeness (QED) is 0.136. The summed E-state index contributed by atoms with van der Waals surface area (Å²) in [7, 11) is 1.91. The minimum atomic E-state index is -0.894. The Labute approximate surface area is 214 Å². The van der Waals surface area contributed by atoms with Crippen LogP contribution in [-0.2, 0) is 0 Å². The lowest BCUT2D eigenvalue weighted by molar-refractivity contribution is -0.0931. The lowest BCUT2D eigenvalue weighted by Crippen LogP contribution is -2.31. The maximum atomic E-state index is 10.3. The zero-order valence-electron chi connectivity index (χ0n) is 21.1. The smallest absolute Gasteiger partial charge is 0.202 e. The first-order valence-corrected chi connectivity index (χ1v) is 12.5. The van der Waals surface area contributed by atoms with E-state index in [9.17, 15) is 5.11 Å². The van der Waals surface area contributed by atoms with Crippen LogP contribution in [0.25, 0.3) is 11.1 Å². The van der Waals surface area contributed by atoms with Crippen molar-refractivity contribution in [3.63, 3.8) is 0 Å². The topological polar surface area (TPSA) is 50.7 Å². The maximum Gasteiger partial charge on any atom is 0.202 e. The first-order valence-electron chi connectivity index (χ1n) is 12.0. The first-order chi connectivity index (χ1) is 16.8. The number of benzene rings is 3. The molecule has 3 aromatic carbocycles. The van der Waals surface area contributed by atoms with E-state index in [1.807, 2.05) is 82.4 Å². The van der Waals surface area contributed by atoms with E-state index in [-0.39, 0.29) is 5.41 Å². The number of aliphatic hydroxyl groups is 1. The van der Waals surface area contributed by atoms with Crippen LogP contribution >= 0.6 is 11.6 Å². The van der Waals surface area contributed by atoms with Gasteiger partial charge in [0, 0.05) is 17.8 Å². The zero-order chi connectivity index (χ0) is 25.3. The minimum absolute atomic E-state index is 0.373. The van der Waals surface area contributed by atoms with E-state index in [4.69, 9.17) is 21.1 Å². The Morgan fingerprint density at radius 3 is 1.94 bits per heavy atom. The van der Waals surface area contributed by atoms with Crippen molar-refractivity contribution >= 4 is 22.7 Å². The van der Waals surface area contributed by atoms with E-state index in [1.54, 1.807) is 0 Å². The van der Waals surface area contributed by atoms with Crippen molar-refractivity contribution in [3.8, 4) is 11.5 Å². The Bertz CT molecular complexity index is 1070. The molecule has 1 unspecified atom stereocenters. The van der Waals surface area contributed by atoms with Gasteiger partial charge in [0.15, 0.2) is 0 Å². The van der Waals surface area contributed by atoms with Crippen LogP contribution < -0.4 is 14.8 Å². The van der Waals surface area contributed by atoms with Gasteiger partial charge in [-0.05, 0) is 65.6 Å². The second-order valence-corrected chi connectivity index (χ2v) is 9.87. The summed E-state index contributed by atoms with van der Waals surface area (Å²) in [4.78, 5) is 0. The van der Waals surface area contributed by atoms with Crippen molar-refractivity contribution in [2.45, 2.75) is 33.5 Å². The lowest BCUT2D eigenvalue weighted by Gasteiger charge is -2.26. The van der Waals surface area contributed by atoms with E-state index < -0.39 is 6.29 Å². The normalized spacial score (nSPS) is 13.2. The van der Waals surface area contributed by atoms with Gasteiger partial charge < -0.3 is 19.9 Å². The third kappa shape index (κ3) is 7.60. The molecule has 2 N–H and O–H groups in total. The number of rotatable bonds is 11. The van der Waals surface area contributed by atoms with Crippen LogP contribution in [-0.4, -0.2) is 37.5 Å². The van der Waals surface area contributed by atoms with Gasteiger partial charge in [-0.2, -0.15) is 0 Å². The lowest BCUT2D eigenvalue weighted by atomic mass is 9.88. The molecule has 0 aromatic heterocycles. The van der Waals surface area contributed by atoms with E-state index >= 15 is 0 Å². The molecule has 186 valence electrons. The SMILES string of the molecule is CNCCOc1ccc(/C(=C(/CCCl)c2ccccc2)c2ccc(OC(O)C(C)(C)C)cc2)cc1. The van der Waals surface area contributed by atoms with E-state index in [0.717, 1.165) is 41.0 Å². The number of aliphatic hydroxyl groups excluding tert-OH is 1. The number of likely N-dealkylation sites (N-methyl/N-ethyl adjacent to an activating group) is 1. The molecule has 0 aliphatic heterocycles. The number of halogens is 1. The van der Waals surface area contributed by atoms with Crippen LogP contribution in [0.3, 0.4) is 0 Å².